The first-order valence-corrected chi connectivity index (χ1v) is 13.6. The monoisotopic (exact) mass is 426 g/mol. The molecule has 0 saturated heterocycles. The number of rotatable bonds is 12. The Morgan fingerprint density at radius 3 is 1.77 bits per heavy atom. The van der Waals surface area contributed by atoms with Crippen LogP contribution in [-0.4, -0.2) is 66.0 Å². The van der Waals surface area contributed by atoms with Crippen LogP contribution in [0.2, 0.25) is 0 Å². The average Bonchev–Trinajstić information content (AvgIpc) is 2.71. The quantitative estimate of drug-likeness (QED) is 0.307. The van der Waals surface area contributed by atoms with Gasteiger partial charge in [-0.15, -0.1) is 0 Å². The molecule has 142 valence electrons. The molecule has 6 nitrogen and oxygen atoms in total. The molecular formula is C16H26O6Si4. The molecule has 26 heavy (non-hydrogen) atoms. The first-order chi connectivity index (χ1) is 12.8. The van der Waals surface area contributed by atoms with Crippen molar-refractivity contribution in [3.8, 4) is 0 Å². The molecular weight excluding hydrogens is 401 g/mol. The van der Waals surface area contributed by atoms with E-state index in [0.717, 1.165) is 10.4 Å². The van der Waals surface area contributed by atoms with Crippen molar-refractivity contribution in [2.75, 3.05) is 27.4 Å². The fraction of sp³-hybridized carbons (Fsp3) is 0.250. The Morgan fingerprint density at radius 1 is 0.731 bits per heavy atom. The molecule has 0 aliphatic carbocycles. The first-order valence-electron chi connectivity index (χ1n) is 8.35. The van der Waals surface area contributed by atoms with Crippen molar-refractivity contribution in [3.05, 3.63) is 60.7 Å². The van der Waals surface area contributed by atoms with E-state index in [4.69, 9.17) is 25.9 Å². The third kappa shape index (κ3) is 7.00. The van der Waals surface area contributed by atoms with Gasteiger partial charge in [0.15, 0.2) is 0 Å². The summed E-state index contributed by atoms with van der Waals surface area (Å²) >= 11 is 0. The van der Waals surface area contributed by atoms with Crippen LogP contribution in [0.1, 0.15) is 0 Å². The highest BCUT2D eigenvalue weighted by Crippen LogP contribution is 2.03. The minimum absolute atomic E-state index is 0.514. The van der Waals surface area contributed by atoms with Crippen LogP contribution in [0.3, 0.4) is 0 Å². The molecule has 2 aromatic carbocycles. The maximum atomic E-state index is 6.47. The fourth-order valence-corrected chi connectivity index (χ4v) is 9.85. The lowest BCUT2D eigenvalue weighted by Gasteiger charge is -2.25. The van der Waals surface area contributed by atoms with Gasteiger partial charge < -0.3 is 25.9 Å². The van der Waals surface area contributed by atoms with Crippen molar-refractivity contribution in [1.82, 2.24) is 0 Å². The van der Waals surface area contributed by atoms with E-state index in [1.807, 2.05) is 60.7 Å². The van der Waals surface area contributed by atoms with Crippen molar-refractivity contribution >= 4 is 49.0 Å². The van der Waals surface area contributed by atoms with Gasteiger partial charge in [-0.1, -0.05) is 60.7 Å². The van der Waals surface area contributed by atoms with Crippen LogP contribution < -0.4 is 10.4 Å². The Labute approximate surface area is 163 Å². The highest BCUT2D eigenvalue weighted by Gasteiger charge is 2.29. The summed E-state index contributed by atoms with van der Waals surface area (Å²) in [6.07, 6.45) is 0. The zero-order valence-electron chi connectivity index (χ0n) is 15.4. The molecule has 0 aromatic heterocycles. The van der Waals surface area contributed by atoms with Crippen LogP contribution >= 0.6 is 0 Å². The molecule has 2 aromatic rings. The number of hydrogen-bond acceptors (Lipinski definition) is 6. The van der Waals surface area contributed by atoms with Crippen molar-refractivity contribution in [2.45, 2.75) is 0 Å². The second-order valence-corrected chi connectivity index (χ2v) is 12.7. The SMILES string of the molecule is CO[SiH](OC)O[SiH](O[SiH](OCCO[SiH3])c1ccccc1)c1ccccc1. The molecule has 0 saturated carbocycles. The fourth-order valence-electron chi connectivity index (χ4n) is 2.28. The summed E-state index contributed by atoms with van der Waals surface area (Å²) < 4.78 is 34.6. The van der Waals surface area contributed by atoms with Gasteiger partial charge in [-0.3, -0.25) is 0 Å². The first kappa shape index (κ1) is 21.4. The summed E-state index contributed by atoms with van der Waals surface area (Å²) in [5.74, 6) is 0. The van der Waals surface area contributed by atoms with Crippen LogP contribution in [0.5, 0.6) is 0 Å². The van der Waals surface area contributed by atoms with Crippen molar-refractivity contribution < 1.29 is 25.9 Å². The highest BCUT2D eigenvalue weighted by atomic mass is 28.4. The zero-order valence-corrected chi connectivity index (χ0v) is 20.8. The summed E-state index contributed by atoms with van der Waals surface area (Å²) in [4.78, 5) is 0. The van der Waals surface area contributed by atoms with Gasteiger partial charge in [0.05, 0.1) is 13.2 Å². The van der Waals surface area contributed by atoms with Crippen molar-refractivity contribution in [2.24, 2.45) is 0 Å². The van der Waals surface area contributed by atoms with E-state index in [9.17, 15) is 0 Å². The molecule has 0 aliphatic heterocycles. The predicted octanol–water partition coefficient (Wildman–Crippen LogP) is -1.40. The minimum atomic E-state index is -2.25. The molecule has 2 rings (SSSR count). The Hall–Kier alpha value is -0.932. The average molecular weight is 427 g/mol. The molecule has 0 radical (unpaired) electrons. The van der Waals surface area contributed by atoms with Crippen LogP contribution in [0.25, 0.3) is 0 Å². The minimum Gasteiger partial charge on any atom is -0.426 e. The van der Waals surface area contributed by atoms with Gasteiger partial charge in [0.1, 0.15) is 10.5 Å². The number of benzene rings is 2. The standard InChI is InChI=1S/C16H26O6Si4/c1-17-26(18-2)22-25(16-11-7-4-8-12-16)21-24(20-14-13-19-23)15-9-5-3-6-10-15/h3-12,24-26H,13-14H2,1-2,23H3. The van der Waals surface area contributed by atoms with Gasteiger partial charge in [-0.2, -0.15) is 0 Å². The Morgan fingerprint density at radius 2 is 1.27 bits per heavy atom. The van der Waals surface area contributed by atoms with Gasteiger partial charge in [0.25, 0.3) is 0 Å². The molecule has 0 bridgehead atoms. The van der Waals surface area contributed by atoms with Gasteiger partial charge in [0.2, 0.25) is 0 Å². The topological polar surface area (TPSA) is 55.4 Å². The maximum absolute atomic E-state index is 6.47. The Bertz CT molecular complexity index is 602. The van der Waals surface area contributed by atoms with E-state index in [0.29, 0.717) is 23.7 Å². The summed E-state index contributed by atoms with van der Waals surface area (Å²) in [6, 6.07) is 20.0. The second-order valence-electron chi connectivity index (χ2n) is 5.38. The van der Waals surface area contributed by atoms with E-state index in [2.05, 4.69) is 0 Å². The summed E-state index contributed by atoms with van der Waals surface area (Å²) in [6.45, 7) is 1.10. The second kappa shape index (κ2) is 12.5. The van der Waals surface area contributed by atoms with E-state index < -0.39 is 28.1 Å². The van der Waals surface area contributed by atoms with Crippen LogP contribution in [0.15, 0.2) is 60.7 Å². The largest absolute Gasteiger partial charge is 0.474 e. The molecule has 0 amide bonds. The van der Waals surface area contributed by atoms with Crippen molar-refractivity contribution in [3.63, 3.8) is 0 Å². The maximum Gasteiger partial charge on any atom is 0.474 e. The number of hydrogen-bond donors (Lipinski definition) is 0. The third-order valence-electron chi connectivity index (χ3n) is 3.57. The third-order valence-corrected chi connectivity index (χ3v) is 11.0. The van der Waals surface area contributed by atoms with Gasteiger partial charge >= 0.3 is 28.1 Å². The zero-order chi connectivity index (χ0) is 18.6. The predicted molar refractivity (Wildman–Crippen MR) is 112 cm³/mol. The smallest absolute Gasteiger partial charge is 0.426 e. The summed E-state index contributed by atoms with van der Waals surface area (Å²) in [7, 11) is -2.72. The van der Waals surface area contributed by atoms with Crippen molar-refractivity contribution in [1.29, 1.82) is 0 Å². The highest BCUT2D eigenvalue weighted by molar-refractivity contribution is 6.76. The molecule has 0 spiro atoms. The molecule has 2 atom stereocenters. The molecule has 0 aliphatic rings. The lowest BCUT2D eigenvalue weighted by molar-refractivity contribution is 0.180. The summed E-state index contributed by atoms with van der Waals surface area (Å²) in [5.41, 5.74) is 0. The lowest BCUT2D eigenvalue weighted by Crippen LogP contribution is -2.51. The molecule has 2 unspecified atom stereocenters. The molecule has 0 N–H and O–H groups in total. The molecule has 0 fully saturated rings. The lowest BCUT2D eigenvalue weighted by atomic mass is 10.4. The van der Waals surface area contributed by atoms with Crippen LogP contribution in [0, 0.1) is 0 Å². The Balaban J connectivity index is 2.20. The van der Waals surface area contributed by atoms with Crippen LogP contribution in [0.4, 0.5) is 0 Å². The summed E-state index contributed by atoms with van der Waals surface area (Å²) in [5, 5.41) is 2.11. The van der Waals surface area contributed by atoms with E-state index >= 15 is 0 Å². The van der Waals surface area contributed by atoms with Gasteiger partial charge in [-0.05, 0) is 10.4 Å². The molecule has 0 heterocycles. The van der Waals surface area contributed by atoms with E-state index in [1.54, 1.807) is 14.2 Å². The van der Waals surface area contributed by atoms with E-state index in [1.165, 1.54) is 0 Å². The van der Waals surface area contributed by atoms with Gasteiger partial charge in [-0.25, -0.2) is 0 Å². The normalized spacial score (nSPS) is 13.8. The van der Waals surface area contributed by atoms with Crippen LogP contribution in [-0.2, 0) is 25.9 Å². The van der Waals surface area contributed by atoms with Gasteiger partial charge in [0, 0.05) is 14.2 Å². The molecule has 10 heteroatoms. The Kier molecular flexibility index (Phi) is 10.2. The van der Waals surface area contributed by atoms with E-state index in [-0.39, 0.29) is 0 Å².